The Bertz CT molecular complexity index is 392. The number of rotatable bonds is 1. The molecule has 0 saturated heterocycles. The smallest absolute Gasteiger partial charge is 0.0560 e. The number of nitrogens with one attached hydrogen (secondary N) is 1. The lowest BCUT2D eigenvalue weighted by Gasteiger charge is -2.02. The molecule has 0 heterocycles. The van der Waals surface area contributed by atoms with Crippen molar-refractivity contribution in [3.8, 4) is 0 Å². The lowest BCUT2D eigenvalue weighted by atomic mass is 10.1. The highest BCUT2D eigenvalue weighted by Crippen LogP contribution is 2.23. The molecule has 0 aliphatic rings. The zero-order chi connectivity index (χ0) is 8.39. The van der Waals surface area contributed by atoms with Gasteiger partial charge < -0.3 is 3.53 Å². The van der Waals surface area contributed by atoms with Gasteiger partial charge in [0.25, 0.3) is 0 Å². The van der Waals surface area contributed by atoms with Crippen LogP contribution in [0, 0.1) is 0 Å². The SMILES string of the molecule is INc1cccc2ccccc12. The summed E-state index contributed by atoms with van der Waals surface area (Å²) in [5.74, 6) is 0. The Morgan fingerprint density at radius 2 is 1.67 bits per heavy atom. The molecule has 60 valence electrons. The Morgan fingerprint density at radius 1 is 0.917 bits per heavy atom. The van der Waals surface area contributed by atoms with Crippen molar-refractivity contribution in [3.05, 3.63) is 42.5 Å². The third-order valence-corrected chi connectivity index (χ3v) is 2.47. The van der Waals surface area contributed by atoms with Crippen LogP contribution in [0.25, 0.3) is 10.8 Å². The van der Waals surface area contributed by atoms with Crippen LogP contribution in [0.15, 0.2) is 42.5 Å². The van der Waals surface area contributed by atoms with E-state index in [1.165, 1.54) is 16.5 Å². The van der Waals surface area contributed by atoms with Gasteiger partial charge >= 0.3 is 0 Å². The number of hydrogen-bond donors (Lipinski definition) is 1. The molecule has 0 aliphatic carbocycles. The van der Waals surface area contributed by atoms with Crippen LogP contribution in [-0.4, -0.2) is 0 Å². The van der Waals surface area contributed by atoms with Gasteiger partial charge in [0.2, 0.25) is 0 Å². The largest absolute Gasteiger partial charge is 0.328 e. The second kappa shape index (κ2) is 3.31. The quantitative estimate of drug-likeness (QED) is 0.616. The average molecular weight is 269 g/mol. The standard InChI is InChI=1S/C10H8IN/c11-12-10-7-3-5-8-4-1-2-6-9(8)10/h1-7,12H. The first kappa shape index (κ1) is 7.86. The summed E-state index contributed by atoms with van der Waals surface area (Å²) in [5, 5.41) is 2.55. The molecule has 2 aromatic rings. The maximum atomic E-state index is 3.14. The van der Waals surface area contributed by atoms with E-state index < -0.39 is 0 Å². The van der Waals surface area contributed by atoms with Crippen LogP contribution in [0.4, 0.5) is 5.69 Å². The van der Waals surface area contributed by atoms with E-state index in [9.17, 15) is 0 Å². The number of halogens is 1. The minimum atomic E-state index is 1.17. The fourth-order valence-corrected chi connectivity index (χ4v) is 1.78. The van der Waals surface area contributed by atoms with Gasteiger partial charge in [0.1, 0.15) is 0 Å². The molecule has 0 radical (unpaired) electrons. The van der Waals surface area contributed by atoms with E-state index in [0.717, 1.165) is 0 Å². The molecule has 0 unspecified atom stereocenters. The van der Waals surface area contributed by atoms with E-state index in [4.69, 9.17) is 0 Å². The molecule has 0 amide bonds. The number of benzene rings is 2. The Hall–Kier alpha value is -0.770. The van der Waals surface area contributed by atoms with Crippen LogP contribution < -0.4 is 3.53 Å². The summed E-state index contributed by atoms with van der Waals surface area (Å²) in [5.41, 5.74) is 1.17. The maximum Gasteiger partial charge on any atom is 0.0560 e. The first-order valence-corrected chi connectivity index (χ1v) is 4.84. The van der Waals surface area contributed by atoms with E-state index in [1.54, 1.807) is 0 Å². The predicted molar refractivity (Wildman–Crippen MR) is 61.6 cm³/mol. The molecule has 2 rings (SSSR count). The fourth-order valence-electron chi connectivity index (χ4n) is 1.31. The van der Waals surface area contributed by atoms with Crippen LogP contribution in [0.1, 0.15) is 0 Å². The number of fused-ring (bicyclic) bond motifs is 1. The molecule has 1 N–H and O–H groups in total. The zero-order valence-electron chi connectivity index (χ0n) is 6.42. The second-order valence-electron chi connectivity index (χ2n) is 2.62. The Morgan fingerprint density at radius 3 is 2.50 bits per heavy atom. The minimum Gasteiger partial charge on any atom is -0.328 e. The van der Waals surface area contributed by atoms with Crippen molar-refractivity contribution < 1.29 is 0 Å². The predicted octanol–water partition coefficient (Wildman–Crippen LogP) is 3.60. The van der Waals surface area contributed by atoms with Gasteiger partial charge in [0.05, 0.1) is 28.6 Å². The van der Waals surface area contributed by atoms with Gasteiger partial charge in [-0.05, 0) is 11.5 Å². The van der Waals surface area contributed by atoms with Crippen molar-refractivity contribution >= 4 is 39.3 Å². The molecule has 2 heteroatoms. The van der Waals surface area contributed by atoms with E-state index in [0.29, 0.717) is 0 Å². The van der Waals surface area contributed by atoms with Crippen LogP contribution in [-0.2, 0) is 0 Å². The molecular formula is C10H8IN. The summed E-state index contributed by atoms with van der Waals surface area (Å²) in [7, 11) is 0. The fraction of sp³-hybridized carbons (Fsp3) is 0. The van der Waals surface area contributed by atoms with Crippen LogP contribution in [0.5, 0.6) is 0 Å². The molecule has 12 heavy (non-hydrogen) atoms. The average Bonchev–Trinajstić information content (AvgIpc) is 2.17. The highest BCUT2D eigenvalue weighted by atomic mass is 127. The maximum absolute atomic E-state index is 3.14. The van der Waals surface area contributed by atoms with Gasteiger partial charge in [-0.15, -0.1) is 0 Å². The summed E-state index contributed by atoms with van der Waals surface area (Å²) in [6.07, 6.45) is 0. The lowest BCUT2D eigenvalue weighted by molar-refractivity contribution is 1.74. The Kier molecular flexibility index (Phi) is 2.17. The molecule has 0 aromatic heterocycles. The van der Waals surface area contributed by atoms with Gasteiger partial charge in [-0.3, -0.25) is 0 Å². The minimum absolute atomic E-state index is 1.17. The molecule has 1 nitrogen and oxygen atoms in total. The van der Waals surface area contributed by atoms with Crippen molar-refractivity contribution in [3.63, 3.8) is 0 Å². The summed E-state index contributed by atoms with van der Waals surface area (Å²) in [4.78, 5) is 0. The van der Waals surface area contributed by atoms with Gasteiger partial charge in [0, 0.05) is 5.39 Å². The van der Waals surface area contributed by atoms with Gasteiger partial charge in [-0.1, -0.05) is 36.4 Å². The monoisotopic (exact) mass is 269 g/mol. The molecule has 0 fully saturated rings. The first-order valence-electron chi connectivity index (χ1n) is 3.76. The Balaban J connectivity index is 2.79. The molecule has 0 atom stereocenters. The van der Waals surface area contributed by atoms with Gasteiger partial charge in [-0.2, -0.15) is 0 Å². The van der Waals surface area contributed by atoms with Gasteiger partial charge in [-0.25, -0.2) is 0 Å². The van der Waals surface area contributed by atoms with Crippen molar-refractivity contribution in [2.45, 2.75) is 0 Å². The summed E-state index contributed by atoms with van der Waals surface area (Å²) in [6.45, 7) is 0. The molecule has 2 aromatic carbocycles. The second-order valence-corrected chi connectivity index (χ2v) is 3.16. The highest BCUT2D eigenvalue weighted by Gasteiger charge is 1.95. The number of hydrogen-bond acceptors (Lipinski definition) is 1. The van der Waals surface area contributed by atoms with Crippen molar-refractivity contribution in [2.75, 3.05) is 3.53 Å². The van der Waals surface area contributed by atoms with Crippen molar-refractivity contribution in [1.82, 2.24) is 0 Å². The van der Waals surface area contributed by atoms with Crippen molar-refractivity contribution in [2.24, 2.45) is 0 Å². The topological polar surface area (TPSA) is 12.0 Å². The molecular weight excluding hydrogens is 261 g/mol. The van der Waals surface area contributed by atoms with Gasteiger partial charge in [0.15, 0.2) is 0 Å². The number of anilines is 1. The van der Waals surface area contributed by atoms with E-state index in [2.05, 4.69) is 68.9 Å². The first-order chi connectivity index (χ1) is 5.92. The zero-order valence-corrected chi connectivity index (χ0v) is 8.58. The van der Waals surface area contributed by atoms with Crippen LogP contribution >= 0.6 is 22.9 Å². The summed E-state index contributed by atoms with van der Waals surface area (Å²) in [6, 6.07) is 14.6. The van der Waals surface area contributed by atoms with E-state index in [1.807, 2.05) is 0 Å². The molecule has 0 spiro atoms. The van der Waals surface area contributed by atoms with E-state index >= 15 is 0 Å². The van der Waals surface area contributed by atoms with Crippen LogP contribution in [0.3, 0.4) is 0 Å². The molecule has 0 aliphatic heterocycles. The van der Waals surface area contributed by atoms with E-state index in [-0.39, 0.29) is 0 Å². The molecule has 0 saturated carbocycles. The summed E-state index contributed by atoms with van der Waals surface area (Å²) >= 11 is 2.15. The third-order valence-electron chi connectivity index (χ3n) is 1.89. The summed E-state index contributed by atoms with van der Waals surface area (Å²) < 4.78 is 3.14. The van der Waals surface area contributed by atoms with Crippen LogP contribution in [0.2, 0.25) is 0 Å². The highest BCUT2D eigenvalue weighted by molar-refractivity contribution is 14.1. The third kappa shape index (κ3) is 1.27. The Labute approximate surface area is 85.3 Å². The lowest BCUT2D eigenvalue weighted by Crippen LogP contribution is -1.80. The molecule has 0 bridgehead atoms. The normalized spacial score (nSPS) is 10.1. The van der Waals surface area contributed by atoms with Crippen molar-refractivity contribution in [1.29, 1.82) is 0 Å².